The van der Waals surface area contributed by atoms with Crippen molar-refractivity contribution in [1.82, 2.24) is 0 Å². The lowest BCUT2D eigenvalue weighted by Gasteiger charge is -2.23. The minimum Gasteiger partial charge on any atom is -0.497 e. The Kier molecular flexibility index (Phi) is 4.38. The van der Waals surface area contributed by atoms with Gasteiger partial charge in [0.2, 0.25) is 0 Å². The molecule has 2 nitrogen and oxygen atoms in total. The van der Waals surface area contributed by atoms with E-state index >= 15 is 0 Å². The molecular weight excluding hydrogens is 260 g/mol. The largest absolute Gasteiger partial charge is 0.497 e. The molecule has 2 aromatic rings. The number of hydrogen-bond acceptors (Lipinski definition) is 2. The summed E-state index contributed by atoms with van der Waals surface area (Å²) in [5.74, 6) is 0.802. The van der Waals surface area contributed by atoms with Crippen LogP contribution < -0.4 is 4.74 Å². The number of aliphatic hydroxyl groups excluding tert-OH is 1. The SMILES string of the molecule is COc1ccc(C(O)c2c(C)c(C)c(C)c(C)c2C)cc1. The van der Waals surface area contributed by atoms with E-state index in [0.29, 0.717) is 0 Å². The van der Waals surface area contributed by atoms with E-state index in [9.17, 15) is 5.11 Å². The van der Waals surface area contributed by atoms with Crippen molar-refractivity contribution < 1.29 is 9.84 Å². The zero-order valence-corrected chi connectivity index (χ0v) is 13.7. The number of benzene rings is 2. The van der Waals surface area contributed by atoms with Crippen LogP contribution in [0.25, 0.3) is 0 Å². The van der Waals surface area contributed by atoms with Crippen LogP contribution in [0.15, 0.2) is 24.3 Å². The van der Waals surface area contributed by atoms with Gasteiger partial charge in [0.05, 0.1) is 7.11 Å². The molecule has 0 radical (unpaired) electrons. The summed E-state index contributed by atoms with van der Waals surface area (Å²) in [5, 5.41) is 10.8. The molecule has 0 aliphatic heterocycles. The summed E-state index contributed by atoms with van der Waals surface area (Å²) in [5.41, 5.74) is 8.13. The van der Waals surface area contributed by atoms with Gasteiger partial charge < -0.3 is 9.84 Å². The molecule has 21 heavy (non-hydrogen) atoms. The second-order valence-electron chi connectivity index (χ2n) is 5.71. The molecule has 0 heterocycles. The van der Waals surface area contributed by atoms with E-state index in [1.54, 1.807) is 7.11 Å². The van der Waals surface area contributed by atoms with Gasteiger partial charge in [-0.15, -0.1) is 0 Å². The summed E-state index contributed by atoms with van der Waals surface area (Å²) in [4.78, 5) is 0. The van der Waals surface area contributed by atoms with Crippen LogP contribution in [0.1, 0.15) is 45.0 Å². The maximum atomic E-state index is 10.8. The van der Waals surface area contributed by atoms with E-state index in [2.05, 4.69) is 34.6 Å². The zero-order chi connectivity index (χ0) is 15.7. The fourth-order valence-electron chi connectivity index (χ4n) is 2.89. The van der Waals surface area contributed by atoms with Gasteiger partial charge in [0.1, 0.15) is 11.9 Å². The second-order valence-corrected chi connectivity index (χ2v) is 5.71. The predicted molar refractivity (Wildman–Crippen MR) is 87.2 cm³/mol. The molecule has 0 saturated carbocycles. The number of rotatable bonds is 3. The van der Waals surface area contributed by atoms with Crippen molar-refractivity contribution >= 4 is 0 Å². The smallest absolute Gasteiger partial charge is 0.118 e. The number of ether oxygens (including phenoxy) is 1. The fraction of sp³-hybridized carbons (Fsp3) is 0.368. The number of hydrogen-bond donors (Lipinski definition) is 1. The van der Waals surface area contributed by atoms with Crippen LogP contribution in [0.4, 0.5) is 0 Å². The Morgan fingerprint density at radius 1 is 0.762 bits per heavy atom. The molecule has 0 fully saturated rings. The summed E-state index contributed by atoms with van der Waals surface area (Å²) >= 11 is 0. The molecule has 1 N–H and O–H groups in total. The predicted octanol–water partition coefficient (Wildman–Crippen LogP) is 4.32. The van der Waals surface area contributed by atoms with Crippen molar-refractivity contribution in [3.63, 3.8) is 0 Å². The maximum absolute atomic E-state index is 10.8. The minimum absolute atomic E-state index is 0.603. The highest BCUT2D eigenvalue weighted by atomic mass is 16.5. The highest BCUT2D eigenvalue weighted by Crippen LogP contribution is 2.34. The van der Waals surface area contributed by atoms with Crippen molar-refractivity contribution in [3.05, 3.63) is 63.2 Å². The van der Waals surface area contributed by atoms with E-state index in [-0.39, 0.29) is 0 Å². The van der Waals surface area contributed by atoms with E-state index in [1.807, 2.05) is 24.3 Å². The maximum Gasteiger partial charge on any atom is 0.118 e. The van der Waals surface area contributed by atoms with E-state index < -0.39 is 6.10 Å². The fourth-order valence-corrected chi connectivity index (χ4v) is 2.89. The first-order chi connectivity index (χ1) is 9.88. The molecule has 2 rings (SSSR count). The third-order valence-electron chi connectivity index (χ3n) is 4.76. The standard InChI is InChI=1S/C19H24O2/c1-11-12(2)14(4)18(15(5)13(11)3)19(20)16-7-9-17(21-6)10-8-16/h7-10,19-20H,1-6H3. The Morgan fingerprint density at radius 2 is 1.19 bits per heavy atom. The average Bonchev–Trinajstić information content (AvgIpc) is 2.51. The number of methoxy groups -OCH3 is 1. The molecule has 1 atom stereocenters. The normalized spacial score (nSPS) is 12.3. The lowest BCUT2D eigenvalue weighted by Crippen LogP contribution is -2.09. The van der Waals surface area contributed by atoms with Gasteiger partial charge in [-0.3, -0.25) is 0 Å². The van der Waals surface area contributed by atoms with E-state index in [1.165, 1.54) is 27.8 Å². The Hall–Kier alpha value is -1.80. The third-order valence-corrected chi connectivity index (χ3v) is 4.76. The lowest BCUT2D eigenvalue weighted by atomic mass is 9.85. The van der Waals surface area contributed by atoms with Gasteiger partial charge in [0.15, 0.2) is 0 Å². The summed E-state index contributed by atoms with van der Waals surface area (Å²) in [6.45, 7) is 10.6. The molecule has 0 spiro atoms. The van der Waals surface area contributed by atoms with Crippen LogP contribution >= 0.6 is 0 Å². The topological polar surface area (TPSA) is 29.5 Å². The molecule has 112 valence electrons. The summed E-state index contributed by atoms with van der Waals surface area (Å²) in [7, 11) is 1.65. The zero-order valence-electron chi connectivity index (χ0n) is 13.7. The summed E-state index contributed by atoms with van der Waals surface area (Å²) < 4.78 is 5.17. The Bertz CT molecular complexity index is 625. The highest BCUT2D eigenvalue weighted by Gasteiger charge is 2.19. The molecule has 0 aromatic heterocycles. The minimum atomic E-state index is -0.603. The van der Waals surface area contributed by atoms with Crippen molar-refractivity contribution in [2.75, 3.05) is 7.11 Å². The molecular formula is C19H24O2. The average molecular weight is 284 g/mol. The Balaban J connectivity index is 2.55. The van der Waals surface area contributed by atoms with Gasteiger partial charge in [-0.2, -0.15) is 0 Å². The first-order valence-electron chi connectivity index (χ1n) is 7.27. The van der Waals surface area contributed by atoms with Gasteiger partial charge in [-0.05, 0) is 85.7 Å². The van der Waals surface area contributed by atoms with Gasteiger partial charge in [-0.25, -0.2) is 0 Å². The lowest BCUT2D eigenvalue weighted by molar-refractivity contribution is 0.218. The van der Waals surface area contributed by atoms with Gasteiger partial charge in [-0.1, -0.05) is 12.1 Å². The first-order valence-corrected chi connectivity index (χ1v) is 7.27. The highest BCUT2D eigenvalue weighted by molar-refractivity contribution is 5.52. The van der Waals surface area contributed by atoms with Crippen LogP contribution in [0.2, 0.25) is 0 Å². The molecule has 2 aromatic carbocycles. The van der Waals surface area contributed by atoms with Crippen LogP contribution in [-0.4, -0.2) is 12.2 Å². The van der Waals surface area contributed by atoms with Gasteiger partial charge in [0.25, 0.3) is 0 Å². The quantitative estimate of drug-likeness (QED) is 0.909. The first kappa shape index (κ1) is 15.6. The van der Waals surface area contributed by atoms with Crippen LogP contribution in [0, 0.1) is 34.6 Å². The Labute approximate surface area is 127 Å². The molecule has 0 amide bonds. The van der Waals surface area contributed by atoms with Crippen LogP contribution in [0.3, 0.4) is 0 Å². The molecule has 2 heteroatoms. The van der Waals surface area contributed by atoms with Gasteiger partial charge >= 0.3 is 0 Å². The Morgan fingerprint density at radius 3 is 1.62 bits per heavy atom. The van der Waals surface area contributed by atoms with Crippen molar-refractivity contribution in [3.8, 4) is 5.75 Å². The van der Waals surface area contributed by atoms with E-state index in [4.69, 9.17) is 4.74 Å². The van der Waals surface area contributed by atoms with Crippen molar-refractivity contribution in [2.45, 2.75) is 40.7 Å². The van der Waals surface area contributed by atoms with Crippen LogP contribution in [-0.2, 0) is 0 Å². The van der Waals surface area contributed by atoms with Gasteiger partial charge in [0, 0.05) is 0 Å². The number of aliphatic hydroxyl groups is 1. The molecule has 0 saturated heterocycles. The molecule has 0 aliphatic carbocycles. The summed E-state index contributed by atoms with van der Waals surface area (Å²) in [6, 6.07) is 7.62. The second kappa shape index (κ2) is 5.90. The third kappa shape index (κ3) is 2.68. The van der Waals surface area contributed by atoms with Crippen LogP contribution in [0.5, 0.6) is 5.75 Å². The molecule has 0 aliphatic rings. The molecule has 0 bridgehead atoms. The molecule has 1 unspecified atom stereocenters. The monoisotopic (exact) mass is 284 g/mol. The summed E-state index contributed by atoms with van der Waals surface area (Å²) in [6.07, 6.45) is -0.603. The van der Waals surface area contributed by atoms with Crippen molar-refractivity contribution in [1.29, 1.82) is 0 Å². The van der Waals surface area contributed by atoms with Crippen molar-refractivity contribution in [2.24, 2.45) is 0 Å². The van der Waals surface area contributed by atoms with E-state index in [0.717, 1.165) is 16.9 Å².